The van der Waals surface area contributed by atoms with Crippen LogP contribution in [0.1, 0.15) is 39.5 Å². The van der Waals surface area contributed by atoms with Crippen LogP contribution in [0.2, 0.25) is 4.34 Å². The first-order valence-corrected chi connectivity index (χ1v) is 11.0. The second-order valence-corrected chi connectivity index (χ2v) is 10.1. The van der Waals surface area contributed by atoms with Gasteiger partial charge in [-0.3, -0.25) is 4.79 Å². The van der Waals surface area contributed by atoms with Crippen LogP contribution in [0.15, 0.2) is 16.3 Å². The number of carbonyl (C=O) groups is 1. The Morgan fingerprint density at radius 3 is 2.62 bits per heavy atom. The Hall–Kier alpha value is -0.630. The molecule has 1 aromatic rings. The number of carbonyl (C=O) groups excluding carboxylic acids is 1. The molecule has 0 aliphatic carbocycles. The van der Waals surface area contributed by atoms with E-state index in [1.165, 1.54) is 4.31 Å². The quantitative estimate of drug-likeness (QED) is 0.723. The lowest BCUT2D eigenvalue weighted by atomic mass is 9.85. The molecule has 0 bridgehead atoms. The molecule has 1 aliphatic heterocycles. The number of sulfonamides is 1. The maximum Gasteiger partial charge on any atom is 0.252 e. The maximum absolute atomic E-state index is 12.6. The largest absolute Gasteiger partial charge is 0.356 e. The van der Waals surface area contributed by atoms with Crippen LogP contribution in [0.4, 0.5) is 0 Å². The predicted octanol–water partition coefficient (Wildman–Crippen LogP) is 3.35. The first-order chi connectivity index (χ1) is 11.4. The molecule has 1 N–H and O–H groups in total. The summed E-state index contributed by atoms with van der Waals surface area (Å²) in [5, 5.41) is 2.97. The fraction of sp³-hybridized carbons (Fsp3) is 0.688. The number of hydrogen-bond acceptors (Lipinski definition) is 4. The first kappa shape index (κ1) is 19.7. The summed E-state index contributed by atoms with van der Waals surface area (Å²) in [5.41, 5.74) is 0. The highest BCUT2D eigenvalue weighted by Crippen LogP contribution is 2.32. The van der Waals surface area contributed by atoms with E-state index in [1.807, 2.05) is 6.92 Å². The maximum atomic E-state index is 12.6. The van der Waals surface area contributed by atoms with Crippen molar-refractivity contribution < 1.29 is 13.2 Å². The molecule has 5 nitrogen and oxygen atoms in total. The minimum Gasteiger partial charge on any atom is -0.356 e. The van der Waals surface area contributed by atoms with Gasteiger partial charge in [0.05, 0.1) is 4.34 Å². The van der Waals surface area contributed by atoms with Crippen molar-refractivity contribution in [3.8, 4) is 0 Å². The topological polar surface area (TPSA) is 66.5 Å². The Labute approximate surface area is 153 Å². The van der Waals surface area contributed by atoms with Gasteiger partial charge in [-0.15, -0.1) is 11.3 Å². The zero-order chi connectivity index (χ0) is 17.7. The van der Waals surface area contributed by atoms with Gasteiger partial charge in [-0.05, 0) is 37.3 Å². The highest BCUT2D eigenvalue weighted by atomic mass is 35.5. The summed E-state index contributed by atoms with van der Waals surface area (Å²) >= 11 is 6.93. The van der Waals surface area contributed by atoms with Gasteiger partial charge in [0.1, 0.15) is 4.21 Å². The zero-order valence-electron chi connectivity index (χ0n) is 14.1. The van der Waals surface area contributed by atoms with E-state index in [0.29, 0.717) is 36.8 Å². The summed E-state index contributed by atoms with van der Waals surface area (Å²) in [5.74, 6) is 0.225. The van der Waals surface area contributed by atoms with Crippen LogP contribution in [-0.2, 0) is 14.8 Å². The Morgan fingerprint density at radius 2 is 2.08 bits per heavy atom. The standard InChI is InChI=1S/C16H25ClN2O3S2/c1-3-4-9-18-16(20)12(2)13-7-10-19(11-8-13)24(21,22)15-6-5-14(17)23-15/h5-6,12-13H,3-4,7-11H2,1-2H3,(H,18,20)/t12-/m1/s1. The number of halogens is 1. The SMILES string of the molecule is CCCCNC(=O)[C@H](C)C1CCN(S(=O)(=O)c2ccc(Cl)s2)CC1. The molecule has 0 spiro atoms. The van der Waals surface area contributed by atoms with Gasteiger partial charge in [-0.25, -0.2) is 8.42 Å². The van der Waals surface area contributed by atoms with E-state index in [2.05, 4.69) is 12.2 Å². The van der Waals surface area contributed by atoms with Gasteiger partial charge in [0, 0.05) is 25.6 Å². The number of rotatable bonds is 7. The van der Waals surface area contributed by atoms with Gasteiger partial charge in [-0.1, -0.05) is 31.9 Å². The van der Waals surface area contributed by atoms with Crippen LogP contribution in [0, 0.1) is 11.8 Å². The summed E-state index contributed by atoms with van der Waals surface area (Å²) in [4.78, 5) is 12.2. The van der Waals surface area contributed by atoms with Crippen molar-refractivity contribution in [3.05, 3.63) is 16.5 Å². The smallest absolute Gasteiger partial charge is 0.252 e. The molecule has 0 unspecified atom stereocenters. The first-order valence-electron chi connectivity index (χ1n) is 8.39. The molecule has 136 valence electrons. The van der Waals surface area contributed by atoms with Crippen molar-refractivity contribution >= 4 is 38.9 Å². The summed E-state index contributed by atoms with van der Waals surface area (Å²) in [6.07, 6.45) is 3.46. The molecule has 2 heterocycles. The van der Waals surface area contributed by atoms with E-state index in [4.69, 9.17) is 11.6 Å². The summed E-state index contributed by atoms with van der Waals surface area (Å²) in [7, 11) is -3.46. The van der Waals surface area contributed by atoms with Gasteiger partial charge < -0.3 is 5.32 Å². The van der Waals surface area contributed by atoms with Gasteiger partial charge >= 0.3 is 0 Å². The van der Waals surface area contributed by atoms with Gasteiger partial charge in [0.2, 0.25) is 5.91 Å². The Morgan fingerprint density at radius 1 is 1.42 bits per heavy atom. The van der Waals surface area contributed by atoms with Gasteiger partial charge in [0.25, 0.3) is 10.0 Å². The van der Waals surface area contributed by atoms with Crippen LogP contribution in [0.5, 0.6) is 0 Å². The lowest BCUT2D eigenvalue weighted by Crippen LogP contribution is -2.42. The molecule has 1 atom stereocenters. The van der Waals surface area contributed by atoms with E-state index in [-0.39, 0.29) is 22.0 Å². The van der Waals surface area contributed by atoms with E-state index < -0.39 is 10.0 Å². The molecule has 24 heavy (non-hydrogen) atoms. The third-order valence-corrected chi connectivity index (χ3v) is 8.19. The summed E-state index contributed by atoms with van der Waals surface area (Å²) < 4.78 is 27.4. The zero-order valence-corrected chi connectivity index (χ0v) is 16.5. The number of thiophene rings is 1. The molecule has 1 fully saturated rings. The molecule has 2 rings (SSSR count). The number of unbranched alkanes of at least 4 members (excludes halogenated alkanes) is 1. The number of hydrogen-bond donors (Lipinski definition) is 1. The van der Waals surface area contributed by atoms with E-state index in [1.54, 1.807) is 12.1 Å². The van der Waals surface area contributed by atoms with Crippen molar-refractivity contribution in [3.63, 3.8) is 0 Å². The van der Waals surface area contributed by atoms with Gasteiger partial charge in [0.15, 0.2) is 0 Å². The fourth-order valence-electron chi connectivity index (χ4n) is 2.94. The highest BCUT2D eigenvalue weighted by Gasteiger charge is 2.33. The number of piperidine rings is 1. The molecule has 0 radical (unpaired) electrons. The minimum absolute atomic E-state index is 0.0785. The average molecular weight is 393 g/mol. The van der Waals surface area contributed by atoms with E-state index in [0.717, 1.165) is 24.2 Å². The average Bonchev–Trinajstić information content (AvgIpc) is 3.01. The van der Waals surface area contributed by atoms with Crippen LogP contribution in [0.3, 0.4) is 0 Å². The minimum atomic E-state index is -3.46. The van der Waals surface area contributed by atoms with E-state index in [9.17, 15) is 13.2 Å². The molecular weight excluding hydrogens is 368 g/mol. The molecule has 8 heteroatoms. The van der Waals surface area contributed by atoms with Crippen molar-refractivity contribution in [1.29, 1.82) is 0 Å². The highest BCUT2D eigenvalue weighted by molar-refractivity contribution is 7.91. The lowest BCUT2D eigenvalue weighted by molar-refractivity contribution is -0.126. The molecule has 1 aromatic heterocycles. The van der Waals surface area contributed by atoms with Crippen LogP contribution < -0.4 is 5.32 Å². The second-order valence-electron chi connectivity index (χ2n) is 6.23. The van der Waals surface area contributed by atoms with E-state index >= 15 is 0 Å². The summed E-state index contributed by atoms with van der Waals surface area (Å²) in [6, 6.07) is 3.16. The number of nitrogens with one attached hydrogen (secondary N) is 1. The van der Waals surface area contributed by atoms with Crippen molar-refractivity contribution in [2.45, 2.75) is 43.7 Å². The summed E-state index contributed by atoms with van der Waals surface area (Å²) in [6.45, 7) is 5.65. The van der Waals surface area contributed by atoms with Crippen LogP contribution >= 0.6 is 22.9 Å². The fourth-order valence-corrected chi connectivity index (χ4v) is 6.05. The predicted molar refractivity (Wildman–Crippen MR) is 97.9 cm³/mol. The lowest BCUT2D eigenvalue weighted by Gasteiger charge is -2.33. The Kier molecular flexibility index (Phi) is 7.10. The van der Waals surface area contributed by atoms with Crippen molar-refractivity contribution in [2.75, 3.05) is 19.6 Å². The molecule has 0 saturated carbocycles. The Bertz CT molecular complexity index is 652. The van der Waals surface area contributed by atoms with Crippen molar-refractivity contribution in [1.82, 2.24) is 9.62 Å². The normalized spacial score (nSPS) is 18.5. The number of amides is 1. The monoisotopic (exact) mass is 392 g/mol. The molecule has 1 aliphatic rings. The van der Waals surface area contributed by atoms with Crippen LogP contribution in [-0.4, -0.2) is 38.3 Å². The molecular formula is C16H25ClN2O3S2. The van der Waals surface area contributed by atoms with Crippen LogP contribution in [0.25, 0.3) is 0 Å². The molecule has 0 aromatic carbocycles. The molecule has 1 amide bonds. The van der Waals surface area contributed by atoms with Crippen molar-refractivity contribution in [2.24, 2.45) is 11.8 Å². The number of nitrogens with zero attached hydrogens (tertiary/aromatic N) is 1. The second kappa shape index (κ2) is 8.65. The Balaban J connectivity index is 1.90. The van der Waals surface area contributed by atoms with Gasteiger partial charge in [-0.2, -0.15) is 4.31 Å². The molecule has 1 saturated heterocycles. The third-order valence-electron chi connectivity index (χ3n) is 4.59. The third kappa shape index (κ3) is 4.71.